The quantitative estimate of drug-likeness (QED) is 0.394. The lowest BCUT2D eigenvalue weighted by molar-refractivity contribution is -0.166. The van der Waals surface area contributed by atoms with Crippen LogP contribution >= 0.6 is 7.82 Å². The van der Waals surface area contributed by atoms with Gasteiger partial charge in [-0.15, -0.1) is 4.67 Å². The van der Waals surface area contributed by atoms with E-state index < -0.39 is 13.9 Å². The molecule has 0 rings (SSSR count). The average molecular weight is 184 g/mol. The Morgan fingerprint density at radius 2 is 1.82 bits per heavy atom. The van der Waals surface area contributed by atoms with Crippen LogP contribution in [0.5, 0.6) is 0 Å². The third-order valence-electron chi connectivity index (χ3n) is 1.34. The van der Waals surface area contributed by atoms with Gasteiger partial charge < -0.3 is 4.89 Å². The van der Waals surface area contributed by atoms with Gasteiger partial charge in [0, 0.05) is 0 Å². The van der Waals surface area contributed by atoms with Crippen molar-refractivity contribution in [2.24, 2.45) is 5.92 Å². The molecule has 2 unspecified atom stereocenters. The molecule has 0 radical (unpaired) electrons. The molecule has 0 aromatic carbocycles. The first-order valence-electron chi connectivity index (χ1n) is 3.23. The molecular weight excluding hydrogens is 171 g/mol. The molecular formula is C5H13O5P. The molecule has 0 saturated heterocycles. The second-order valence-corrected chi connectivity index (χ2v) is 3.92. The van der Waals surface area contributed by atoms with Gasteiger partial charge in [0.25, 0.3) is 0 Å². The van der Waals surface area contributed by atoms with E-state index >= 15 is 0 Å². The normalized spacial score (nSPS) is 19.8. The molecule has 0 spiro atoms. The fourth-order valence-electron chi connectivity index (χ4n) is 0.351. The summed E-state index contributed by atoms with van der Waals surface area (Å²) in [5.41, 5.74) is 0. The Balaban J connectivity index is 3.94. The molecule has 6 heteroatoms. The van der Waals surface area contributed by atoms with Crippen molar-refractivity contribution >= 4 is 7.82 Å². The molecule has 0 aliphatic heterocycles. The lowest BCUT2D eigenvalue weighted by Crippen LogP contribution is -2.14. The van der Waals surface area contributed by atoms with Gasteiger partial charge in [-0.05, 0) is 12.8 Å². The highest BCUT2D eigenvalue weighted by Crippen LogP contribution is 2.44. The van der Waals surface area contributed by atoms with Gasteiger partial charge in [-0.25, -0.2) is 9.82 Å². The van der Waals surface area contributed by atoms with Gasteiger partial charge in [-0.3, -0.25) is 4.52 Å². The zero-order valence-corrected chi connectivity index (χ0v) is 7.62. The second kappa shape index (κ2) is 4.18. The fraction of sp³-hybridized carbons (Fsp3) is 1.00. The Bertz CT molecular complexity index is 157. The van der Waals surface area contributed by atoms with Crippen LogP contribution in [-0.4, -0.2) is 16.3 Å². The molecule has 0 bridgehead atoms. The predicted octanol–water partition coefficient (Wildman–Crippen LogP) is 1.64. The molecule has 0 aliphatic carbocycles. The van der Waals surface area contributed by atoms with E-state index in [-0.39, 0.29) is 5.92 Å². The van der Waals surface area contributed by atoms with Crippen molar-refractivity contribution in [3.8, 4) is 0 Å². The highest BCUT2D eigenvalue weighted by Gasteiger charge is 2.25. The first kappa shape index (κ1) is 11.1. The zero-order chi connectivity index (χ0) is 9.07. The largest absolute Gasteiger partial charge is 0.499 e. The summed E-state index contributed by atoms with van der Waals surface area (Å²) in [6.45, 7) is 5.26. The zero-order valence-electron chi connectivity index (χ0n) is 6.72. The maximum Gasteiger partial charge on any atom is 0.499 e. The van der Waals surface area contributed by atoms with Gasteiger partial charge in [-0.2, -0.15) is 0 Å². The Hall–Kier alpha value is 0.0700. The third kappa shape index (κ3) is 4.50. The van der Waals surface area contributed by atoms with Gasteiger partial charge in [0.1, 0.15) is 0 Å². The highest BCUT2D eigenvalue weighted by molar-refractivity contribution is 7.47. The van der Waals surface area contributed by atoms with E-state index in [4.69, 9.17) is 10.2 Å². The molecule has 0 amide bonds. The molecule has 0 aromatic heterocycles. The van der Waals surface area contributed by atoms with Gasteiger partial charge >= 0.3 is 7.82 Å². The van der Waals surface area contributed by atoms with Gasteiger partial charge in [0.05, 0.1) is 6.10 Å². The minimum atomic E-state index is -4.23. The smallest absolute Gasteiger partial charge is 0.301 e. The maximum absolute atomic E-state index is 10.6. The lowest BCUT2D eigenvalue weighted by atomic mass is 10.1. The summed E-state index contributed by atoms with van der Waals surface area (Å²) >= 11 is 0. The Morgan fingerprint density at radius 1 is 1.36 bits per heavy atom. The minimum absolute atomic E-state index is 0.0885. The molecule has 2 N–H and O–H groups in total. The predicted molar refractivity (Wildman–Crippen MR) is 38.9 cm³/mol. The molecule has 68 valence electrons. The van der Waals surface area contributed by atoms with Crippen molar-refractivity contribution in [1.29, 1.82) is 0 Å². The molecule has 0 aliphatic rings. The number of hydrogen-bond acceptors (Lipinski definition) is 4. The van der Waals surface area contributed by atoms with Crippen LogP contribution in [-0.2, 0) is 13.8 Å². The van der Waals surface area contributed by atoms with Crippen molar-refractivity contribution in [2.75, 3.05) is 0 Å². The molecule has 0 heterocycles. The first-order valence-corrected chi connectivity index (χ1v) is 4.73. The van der Waals surface area contributed by atoms with Crippen LogP contribution in [0.25, 0.3) is 0 Å². The van der Waals surface area contributed by atoms with E-state index in [0.29, 0.717) is 0 Å². The van der Waals surface area contributed by atoms with Crippen molar-refractivity contribution in [3.63, 3.8) is 0 Å². The number of phosphoric ester groups is 1. The van der Waals surface area contributed by atoms with Gasteiger partial charge in [-0.1, -0.05) is 13.8 Å². The second-order valence-electron chi connectivity index (χ2n) is 2.60. The summed E-state index contributed by atoms with van der Waals surface area (Å²) < 4.78 is 18.3. The van der Waals surface area contributed by atoms with Crippen LogP contribution in [0.15, 0.2) is 0 Å². The van der Waals surface area contributed by atoms with Crippen molar-refractivity contribution in [3.05, 3.63) is 0 Å². The van der Waals surface area contributed by atoms with Crippen LogP contribution in [0.2, 0.25) is 0 Å². The van der Waals surface area contributed by atoms with Crippen LogP contribution in [0.3, 0.4) is 0 Å². The molecule has 2 atom stereocenters. The molecule has 0 saturated carbocycles. The monoisotopic (exact) mass is 184 g/mol. The average Bonchev–Trinajstić information content (AvgIpc) is 1.87. The van der Waals surface area contributed by atoms with E-state index in [1.54, 1.807) is 6.92 Å². The van der Waals surface area contributed by atoms with Crippen LogP contribution < -0.4 is 0 Å². The van der Waals surface area contributed by atoms with Crippen molar-refractivity contribution in [1.82, 2.24) is 0 Å². The summed E-state index contributed by atoms with van der Waals surface area (Å²) in [4.78, 5) is 8.60. The van der Waals surface area contributed by atoms with Gasteiger partial charge in [0.15, 0.2) is 0 Å². The number of phosphoric acid groups is 1. The minimum Gasteiger partial charge on any atom is -0.301 e. The van der Waals surface area contributed by atoms with Crippen molar-refractivity contribution in [2.45, 2.75) is 26.9 Å². The SMILES string of the molecule is CC(C)C(C)OP(=O)(O)OO. The van der Waals surface area contributed by atoms with E-state index in [9.17, 15) is 4.57 Å². The van der Waals surface area contributed by atoms with Crippen LogP contribution in [0.1, 0.15) is 20.8 Å². The van der Waals surface area contributed by atoms with E-state index in [0.717, 1.165) is 0 Å². The first-order chi connectivity index (χ1) is 4.89. The Morgan fingerprint density at radius 3 is 2.09 bits per heavy atom. The summed E-state index contributed by atoms with van der Waals surface area (Å²) in [5.74, 6) is 0.0885. The molecule has 0 aromatic rings. The highest BCUT2D eigenvalue weighted by atomic mass is 31.2. The van der Waals surface area contributed by atoms with Crippen LogP contribution in [0.4, 0.5) is 0 Å². The number of hydrogen-bond donors (Lipinski definition) is 2. The van der Waals surface area contributed by atoms with E-state index in [1.807, 2.05) is 13.8 Å². The van der Waals surface area contributed by atoms with E-state index in [2.05, 4.69) is 9.20 Å². The van der Waals surface area contributed by atoms with Crippen LogP contribution in [0, 0.1) is 5.92 Å². The Labute approximate surface area is 65.5 Å². The molecule has 0 fully saturated rings. The summed E-state index contributed by atoms with van der Waals surface area (Å²) in [5, 5.41) is 7.89. The number of rotatable bonds is 4. The summed E-state index contributed by atoms with van der Waals surface area (Å²) in [6.07, 6.45) is -0.432. The topological polar surface area (TPSA) is 76.0 Å². The molecule has 5 nitrogen and oxygen atoms in total. The van der Waals surface area contributed by atoms with Crippen molar-refractivity contribution < 1.29 is 23.9 Å². The third-order valence-corrected chi connectivity index (χ3v) is 2.15. The standard InChI is InChI=1S/C5H13O5P/c1-4(2)5(3)9-11(7,8)10-6/h4-6H,1-3H3,(H,7,8). The summed E-state index contributed by atoms with van der Waals surface area (Å²) in [6, 6.07) is 0. The summed E-state index contributed by atoms with van der Waals surface area (Å²) in [7, 11) is -4.23. The fourth-order valence-corrected chi connectivity index (χ4v) is 1.05. The molecule has 11 heavy (non-hydrogen) atoms. The maximum atomic E-state index is 10.6. The lowest BCUT2D eigenvalue weighted by Gasteiger charge is -2.17. The van der Waals surface area contributed by atoms with Gasteiger partial charge in [0.2, 0.25) is 0 Å². The van der Waals surface area contributed by atoms with E-state index in [1.165, 1.54) is 0 Å². The Kier molecular flexibility index (Phi) is 4.21.